The molecule has 0 aliphatic heterocycles. The van der Waals surface area contributed by atoms with Gasteiger partial charge in [0.05, 0.1) is 12.8 Å². The van der Waals surface area contributed by atoms with Gasteiger partial charge < -0.3 is 4.74 Å². The highest BCUT2D eigenvalue weighted by atomic mass is 16.5. The number of nitrogens with zero attached hydrogens (tertiary/aromatic N) is 4. The summed E-state index contributed by atoms with van der Waals surface area (Å²) in [6.07, 6.45) is 6.52. The summed E-state index contributed by atoms with van der Waals surface area (Å²) in [7, 11) is 1.36. The molecular weight excluding hydrogens is 232 g/mol. The van der Waals surface area contributed by atoms with E-state index >= 15 is 0 Å². The van der Waals surface area contributed by atoms with Crippen molar-refractivity contribution in [3.63, 3.8) is 0 Å². The van der Waals surface area contributed by atoms with E-state index in [-0.39, 0.29) is 5.97 Å². The van der Waals surface area contributed by atoms with Gasteiger partial charge in [0.25, 0.3) is 6.04 Å². The number of esters is 1. The van der Waals surface area contributed by atoms with Crippen LogP contribution in [-0.2, 0) is 9.53 Å². The topological polar surface area (TPSA) is 68.8 Å². The van der Waals surface area contributed by atoms with Gasteiger partial charge in [-0.2, -0.15) is 0 Å². The predicted octanol–water partition coefficient (Wildman–Crippen LogP) is 0.560. The molecule has 0 spiro atoms. The van der Waals surface area contributed by atoms with Crippen LogP contribution >= 0.6 is 0 Å². The minimum atomic E-state index is -0.450. The van der Waals surface area contributed by atoms with Crippen LogP contribution in [0.15, 0.2) is 37.1 Å². The fourth-order valence-corrected chi connectivity index (χ4v) is 1.49. The van der Waals surface area contributed by atoms with E-state index in [4.69, 9.17) is 0 Å². The maximum Gasteiger partial charge on any atom is 0.377 e. The minimum absolute atomic E-state index is 0.331. The Morgan fingerprint density at radius 3 is 2.83 bits per heavy atom. The van der Waals surface area contributed by atoms with E-state index in [1.165, 1.54) is 18.1 Å². The molecule has 2 aromatic rings. The lowest BCUT2D eigenvalue weighted by molar-refractivity contribution is -0.763. The van der Waals surface area contributed by atoms with Crippen LogP contribution in [-0.4, -0.2) is 28.1 Å². The summed E-state index contributed by atoms with van der Waals surface area (Å²) in [5.41, 5.74) is 1.65. The first kappa shape index (κ1) is 12.1. The molecule has 0 amide bonds. The Balaban J connectivity index is 2.23. The van der Waals surface area contributed by atoms with Crippen LogP contribution in [0.2, 0.25) is 0 Å². The van der Waals surface area contributed by atoms with Crippen molar-refractivity contribution in [1.29, 1.82) is 0 Å². The second-order valence-electron chi connectivity index (χ2n) is 3.69. The third-order valence-corrected chi connectivity index (χ3v) is 2.55. The fourth-order valence-electron chi connectivity index (χ4n) is 1.49. The monoisotopic (exact) mass is 245 g/mol. The second kappa shape index (κ2) is 5.31. The van der Waals surface area contributed by atoms with Gasteiger partial charge in [0.15, 0.2) is 6.20 Å². The first-order chi connectivity index (χ1) is 8.72. The van der Waals surface area contributed by atoms with E-state index in [1.807, 2.05) is 6.07 Å². The van der Waals surface area contributed by atoms with Crippen LogP contribution in [0.5, 0.6) is 0 Å². The summed E-state index contributed by atoms with van der Waals surface area (Å²) in [6.45, 7) is 1.73. The van der Waals surface area contributed by atoms with Gasteiger partial charge in [-0.15, -0.1) is 0 Å². The molecule has 0 aliphatic carbocycles. The lowest BCUT2D eigenvalue weighted by Crippen LogP contribution is -2.45. The number of carbonyl (C=O) groups is 1. The Labute approximate surface area is 104 Å². The molecule has 2 heterocycles. The van der Waals surface area contributed by atoms with Crippen molar-refractivity contribution < 1.29 is 14.2 Å². The molecule has 6 nitrogen and oxygen atoms in total. The largest absolute Gasteiger partial charge is 0.464 e. The summed E-state index contributed by atoms with van der Waals surface area (Å²) in [5, 5.41) is 4.18. The molecule has 0 N–H and O–H groups in total. The van der Waals surface area contributed by atoms with Crippen molar-refractivity contribution in [3.05, 3.63) is 37.1 Å². The SMILES string of the molecule is COC(=O)C(C)[n+]1ccc(-c2ccncn2)cn1. The molecule has 1 unspecified atom stereocenters. The maximum atomic E-state index is 11.4. The van der Waals surface area contributed by atoms with E-state index in [9.17, 15) is 4.79 Å². The van der Waals surface area contributed by atoms with Gasteiger partial charge >= 0.3 is 5.97 Å². The average Bonchev–Trinajstić information content (AvgIpc) is 2.47. The molecule has 0 saturated heterocycles. The van der Waals surface area contributed by atoms with Gasteiger partial charge in [-0.25, -0.2) is 14.8 Å². The van der Waals surface area contributed by atoms with Crippen molar-refractivity contribution in [1.82, 2.24) is 15.1 Å². The van der Waals surface area contributed by atoms with Crippen molar-refractivity contribution in [2.75, 3.05) is 7.11 Å². The lowest BCUT2D eigenvalue weighted by atomic mass is 10.2. The summed E-state index contributed by atoms with van der Waals surface area (Å²) >= 11 is 0. The van der Waals surface area contributed by atoms with Crippen molar-refractivity contribution in [2.24, 2.45) is 0 Å². The van der Waals surface area contributed by atoms with Gasteiger partial charge in [-0.05, 0) is 11.2 Å². The molecule has 6 heteroatoms. The number of hydrogen-bond acceptors (Lipinski definition) is 5. The number of methoxy groups -OCH3 is 1. The van der Waals surface area contributed by atoms with E-state index in [0.29, 0.717) is 0 Å². The normalized spacial score (nSPS) is 11.9. The molecule has 0 aromatic carbocycles. The number of hydrogen-bond donors (Lipinski definition) is 0. The van der Waals surface area contributed by atoms with Crippen LogP contribution < -0.4 is 4.68 Å². The predicted molar refractivity (Wildman–Crippen MR) is 62.2 cm³/mol. The zero-order chi connectivity index (χ0) is 13.0. The van der Waals surface area contributed by atoms with Gasteiger partial charge in [0.1, 0.15) is 12.5 Å². The number of carbonyl (C=O) groups excluding carboxylic acids is 1. The second-order valence-corrected chi connectivity index (χ2v) is 3.69. The van der Waals surface area contributed by atoms with Crippen molar-refractivity contribution >= 4 is 5.97 Å². The molecule has 0 bridgehead atoms. The molecule has 1 atom stereocenters. The van der Waals surface area contributed by atoms with Crippen LogP contribution in [0.4, 0.5) is 0 Å². The number of rotatable bonds is 3. The van der Waals surface area contributed by atoms with Gasteiger partial charge in [-0.3, -0.25) is 0 Å². The quantitative estimate of drug-likeness (QED) is 0.583. The van der Waals surface area contributed by atoms with Crippen molar-refractivity contribution in [2.45, 2.75) is 13.0 Å². The summed E-state index contributed by atoms with van der Waals surface area (Å²) < 4.78 is 6.20. The highest BCUT2D eigenvalue weighted by Gasteiger charge is 2.24. The average molecular weight is 245 g/mol. The summed E-state index contributed by atoms with van der Waals surface area (Å²) in [5.74, 6) is -0.331. The van der Waals surface area contributed by atoms with Crippen LogP contribution in [0, 0.1) is 0 Å². The molecule has 2 rings (SSSR count). The smallest absolute Gasteiger partial charge is 0.377 e. The molecule has 0 fully saturated rings. The Morgan fingerprint density at radius 2 is 2.28 bits per heavy atom. The zero-order valence-corrected chi connectivity index (χ0v) is 10.1. The van der Waals surface area contributed by atoms with Gasteiger partial charge in [-0.1, -0.05) is 4.68 Å². The Bertz CT molecular complexity index is 528. The van der Waals surface area contributed by atoms with Crippen LogP contribution in [0.25, 0.3) is 11.3 Å². The van der Waals surface area contributed by atoms with Crippen molar-refractivity contribution in [3.8, 4) is 11.3 Å². The highest BCUT2D eigenvalue weighted by Crippen LogP contribution is 2.12. The lowest BCUT2D eigenvalue weighted by Gasteiger charge is -2.03. The third-order valence-electron chi connectivity index (χ3n) is 2.55. The molecule has 0 saturated carbocycles. The Hall–Kier alpha value is -2.37. The van der Waals surface area contributed by atoms with E-state index in [1.54, 1.807) is 31.6 Å². The maximum absolute atomic E-state index is 11.4. The first-order valence-corrected chi connectivity index (χ1v) is 5.44. The minimum Gasteiger partial charge on any atom is -0.464 e. The summed E-state index contributed by atoms with van der Waals surface area (Å²) in [4.78, 5) is 19.3. The van der Waals surface area contributed by atoms with Crippen LogP contribution in [0.1, 0.15) is 13.0 Å². The summed E-state index contributed by atoms with van der Waals surface area (Å²) in [6, 6.07) is 3.19. The standard InChI is InChI=1S/C12H13N4O2/c1-9(12(17)18-2)16-6-4-10(7-15-16)11-3-5-13-8-14-11/h3-9H,1-2H3/q+1. The zero-order valence-electron chi connectivity index (χ0n) is 10.1. The molecule has 0 aliphatic rings. The molecule has 2 aromatic heterocycles. The Morgan fingerprint density at radius 1 is 1.44 bits per heavy atom. The molecular formula is C12H13N4O2+. The van der Waals surface area contributed by atoms with E-state index in [0.717, 1.165) is 11.3 Å². The molecule has 92 valence electrons. The van der Waals surface area contributed by atoms with E-state index < -0.39 is 6.04 Å². The van der Waals surface area contributed by atoms with Crippen LogP contribution in [0.3, 0.4) is 0 Å². The number of ether oxygens (including phenoxy) is 1. The highest BCUT2D eigenvalue weighted by molar-refractivity contribution is 5.71. The third kappa shape index (κ3) is 2.48. The van der Waals surface area contributed by atoms with Gasteiger partial charge in [0, 0.05) is 24.8 Å². The van der Waals surface area contributed by atoms with Gasteiger partial charge in [0.2, 0.25) is 0 Å². The fraction of sp³-hybridized carbons (Fsp3) is 0.250. The number of aromatic nitrogens is 4. The van der Waals surface area contributed by atoms with E-state index in [2.05, 4.69) is 19.8 Å². The Kier molecular flexibility index (Phi) is 3.57. The first-order valence-electron chi connectivity index (χ1n) is 5.44. The molecule has 0 radical (unpaired) electrons. The molecule has 18 heavy (non-hydrogen) atoms.